The minimum atomic E-state index is 0.00285. The topological polar surface area (TPSA) is 33.1 Å². The highest BCUT2D eigenvalue weighted by Gasteiger charge is 2.08. The van der Waals surface area contributed by atoms with E-state index in [9.17, 15) is 0 Å². The molecule has 0 saturated carbocycles. The number of benzene rings is 1. The molecule has 0 saturated heterocycles. The van der Waals surface area contributed by atoms with Crippen molar-refractivity contribution in [3.8, 4) is 10.6 Å². The number of thiazole rings is 1. The van der Waals surface area contributed by atoms with Gasteiger partial charge in [-0.1, -0.05) is 23.2 Å². The lowest BCUT2D eigenvalue weighted by atomic mass is 10.2. The van der Waals surface area contributed by atoms with Gasteiger partial charge in [0.25, 0.3) is 0 Å². The molecule has 0 spiro atoms. The smallest absolute Gasteiger partial charge is 0.125 e. The molecule has 2 nitrogen and oxygen atoms in total. The van der Waals surface area contributed by atoms with Crippen LogP contribution in [0, 0.1) is 0 Å². The summed E-state index contributed by atoms with van der Waals surface area (Å²) in [5.74, 6) is 0. The molecule has 0 amide bonds. The molecule has 0 unspecified atom stereocenters. The average Bonchev–Trinajstić information content (AvgIpc) is 2.66. The first-order valence-corrected chi connectivity index (χ1v) is 5.79. The van der Waals surface area contributed by atoms with E-state index in [4.69, 9.17) is 28.3 Å². The maximum Gasteiger partial charge on any atom is 0.125 e. The predicted molar refractivity (Wildman–Crippen MR) is 63.5 cm³/mol. The fourth-order valence-electron chi connectivity index (χ4n) is 1.17. The Hall–Kier alpha value is -0.610. The fraction of sp³-hybridized carbons (Fsp3) is 0.100. The van der Waals surface area contributed by atoms with Crippen LogP contribution in [0.1, 0.15) is 4.88 Å². The molecule has 0 aliphatic rings. The van der Waals surface area contributed by atoms with Crippen molar-refractivity contribution < 1.29 is 5.11 Å². The van der Waals surface area contributed by atoms with E-state index in [2.05, 4.69) is 4.98 Å². The maximum atomic E-state index is 8.93. The summed E-state index contributed by atoms with van der Waals surface area (Å²) in [6.45, 7) is 0.00285. The molecular formula is C10H7Cl2NOS. The van der Waals surface area contributed by atoms with E-state index in [1.165, 1.54) is 11.3 Å². The monoisotopic (exact) mass is 259 g/mol. The molecule has 15 heavy (non-hydrogen) atoms. The SMILES string of the molecule is OCc1cnc(-c2ccc(Cl)cc2Cl)s1. The second kappa shape index (κ2) is 4.49. The van der Waals surface area contributed by atoms with E-state index in [0.717, 1.165) is 15.4 Å². The van der Waals surface area contributed by atoms with Crippen LogP contribution < -0.4 is 0 Å². The summed E-state index contributed by atoms with van der Waals surface area (Å²) in [4.78, 5) is 4.99. The lowest BCUT2D eigenvalue weighted by Gasteiger charge is -1.99. The highest BCUT2D eigenvalue weighted by Crippen LogP contribution is 2.32. The lowest BCUT2D eigenvalue weighted by Crippen LogP contribution is -1.77. The summed E-state index contributed by atoms with van der Waals surface area (Å²) < 4.78 is 0. The van der Waals surface area contributed by atoms with Crippen molar-refractivity contribution in [2.75, 3.05) is 0 Å². The first kappa shape index (κ1) is 10.9. The molecule has 1 aromatic heterocycles. The van der Waals surface area contributed by atoms with Crippen LogP contribution in [0.2, 0.25) is 10.0 Å². The number of nitrogens with zero attached hydrogens (tertiary/aromatic N) is 1. The Morgan fingerprint density at radius 2 is 2.13 bits per heavy atom. The number of aliphatic hydroxyl groups excluding tert-OH is 1. The second-order valence-corrected chi connectivity index (χ2v) is 4.87. The quantitative estimate of drug-likeness (QED) is 0.894. The molecule has 0 radical (unpaired) electrons. The van der Waals surface area contributed by atoms with Crippen molar-refractivity contribution in [3.63, 3.8) is 0 Å². The Bertz CT molecular complexity index is 484. The molecule has 2 aromatic rings. The minimum absolute atomic E-state index is 0.00285. The van der Waals surface area contributed by atoms with E-state index in [0.29, 0.717) is 10.0 Å². The largest absolute Gasteiger partial charge is 0.391 e. The van der Waals surface area contributed by atoms with Crippen molar-refractivity contribution in [1.29, 1.82) is 0 Å². The van der Waals surface area contributed by atoms with Gasteiger partial charge in [-0.2, -0.15) is 0 Å². The van der Waals surface area contributed by atoms with Crippen LogP contribution in [0.5, 0.6) is 0 Å². The van der Waals surface area contributed by atoms with Gasteiger partial charge in [0, 0.05) is 16.8 Å². The third-order valence-electron chi connectivity index (χ3n) is 1.87. The first-order chi connectivity index (χ1) is 7.20. The van der Waals surface area contributed by atoms with Crippen molar-refractivity contribution in [1.82, 2.24) is 4.98 Å². The van der Waals surface area contributed by atoms with Crippen LogP contribution in [-0.2, 0) is 6.61 Å². The van der Waals surface area contributed by atoms with Crippen LogP contribution in [0.15, 0.2) is 24.4 Å². The van der Waals surface area contributed by atoms with E-state index in [1.54, 1.807) is 18.3 Å². The summed E-state index contributed by atoms with van der Waals surface area (Å²) in [6.07, 6.45) is 1.64. The number of hydrogen-bond donors (Lipinski definition) is 1. The molecule has 5 heteroatoms. The van der Waals surface area contributed by atoms with Crippen LogP contribution in [0.3, 0.4) is 0 Å². The molecule has 0 aliphatic carbocycles. The number of hydrogen-bond acceptors (Lipinski definition) is 3. The van der Waals surface area contributed by atoms with Crippen LogP contribution in [0.4, 0.5) is 0 Å². The Kier molecular flexibility index (Phi) is 3.26. The minimum Gasteiger partial charge on any atom is -0.391 e. The Labute approximate surface area is 101 Å². The molecule has 1 N–H and O–H groups in total. The molecule has 2 rings (SSSR count). The fourth-order valence-corrected chi connectivity index (χ4v) is 2.53. The van der Waals surface area contributed by atoms with Crippen LogP contribution >= 0.6 is 34.5 Å². The second-order valence-electron chi connectivity index (χ2n) is 2.91. The molecule has 0 atom stereocenters. The van der Waals surface area contributed by atoms with Gasteiger partial charge in [0.1, 0.15) is 5.01 Å². The number of aromatic nitrogens is 1. The summed E-state index contributed by atoms with van der Waals surface area (Å²) in [6, 6.07) is 5.27. The summed E-state index contributed by atoms with van der Waals surface area (Å²) >= 11 is 13.2. The Morgan fingerprint density at radius 1 is 1.33 bits per heavy atom. The molecular weight excluding hydrogens is 253 g/mol. The molecule has 1 aromatic carbocycles. The zero-order valence-electron chi connectivity index (χ0n) is 7.58. The highest BCUT2D eigenvalue weighted by molar-refractivity contribution is 7.15. The number of rotatable bonds is 2. The van der Waals surface area contributed by atoms with Crippen LogP contribution in [0.25, 0.3) is 10.6 Å². The third kappa shape index (κ3) is 2.32. The van der Waals surface area contributed by atoms with Gasteiger partial charge >= 0.3 is 0 Å². The van der Waals surface area contributed by atoms with E-state index < -0.39 is 0 Å². The van der Waals surface area contributed by atoms with Crippen LogP contribution in [-0.4, -0.2) is 10.1 Å². The Balaban J connectivity index is 2.44. The van der Waals surface area contributed by atoms with Crippen molar-refractivity contribution in [2.45, 2.75) is 6.61 Å². The van der Waals surface area contributed by atoms with Gasteiger partial charge in [-0.3, -0.25) is 0 Å². The van der Waals surface area contributed by atoms with Gasteiger partial charge in [0.05, 0.1) is 16.5 Å². The van der Waals surface area contributed by atoms with E-state index in [-0.39, 0.29) is 6.61 Å². The van der Waals surface area contributed by atoms with Gasteiger partial charge in [0.2, 0.25) is 0 Å². The standard InChI is InChI=1S/C10H7Cl2NOS/c11-6-1-2-8(9(12)3-6)10-13-4-7(5-14)15-10/h1-4,14H,5H2. The normalized spacial score (nSPS) is 10.6. The first-order valence-electron chi connectivity index (χ1n) is 4.21. The summed E-state index contributed by atoms with van der Waals surface area (Å²) in [7, 11) is 0. The maximum absolute atomic E-state index is 8.93. The van der Waals surface area contributed by atoms with Crippen molar-refractivity contribution >= 4 is 34.5 Å². The summed E-state index contributed by atoms with van der Waals surface area (Å²) in [5, 5.41) is 10.9. The molecule has 0 aliphatic heterocycles. The third-order valence-corrected chi connectivity index (χ3v) is 3.43. The van der Waals surface area contributed by atoms with Gasteiger partial charge in [0.15, 0.2) is 0 Å². The van der Waals surface area contributed by atoms with Crippen molar-refractivity contribution in [3.05, 3.63) is 39.3 Å². The van der Waals surface area contributed by atoms with E-state index >= 15 is 0 Å². The van der Waals surface area contributed by atoms with Gasteiger partial charge < -0.3 is 5.11 Å². The Morgan fingerprint density at radius 3 is 2.73 bits per heavy atom. The molecule has 78 valence electrons. The summed E-state index contributed by atoms with van der Waals surface area (Å²) in [5.41, 5.74) is 0.839. The van der Waals surface area contributed by atoms with Crippen molar-refractivity contribution in [2.24, 2.45) is 0 Å². The molecule has 0 bridgehead atoms. The zero-order valence-corrected chi connectivity index (χ0v) is 9.90. The lowest BCUT2D eigenvalue weighted by molar-refractivity contribution is 0.285. The van der Waals surface area contributed by atoms with Gasteiger partial charge in [-0.25, -0.2) is 4.98 Å². The molecule has 0 fully saturated rings. The zero-order chi connectivity index (χ0) is 10.8. The van der Waals surface area contributed by atoms with E-state index in [1.807, 2.05) is 6.07 Å². The molecule has 1 heterocycles. The number of aliphatic hydroxyl groups is 1. The van der Waals surface area contributed by atoms with Gasteiger partial charge in [-0.15, -0.1) is 11.3 Å². The van der Waals surface area contributed by atoms with Gasteiger partial charge in [-0.05, 0) is 18.2 Å². The highest BCUT2D eigenvalue weighted by atomic mass is 35.5. The average molecular weight is 260 g/mol. The number of halogens is 2. The predicted octanol–water partition coefficient (Wildman–Crippen LogP) is 3.61.